The molecule has 0 aliphatic heterocycles. The van der Waals surface area contributed by atoms with E-state index in [2.05, 4.69) is 36.1 Å². The molecule has 1 aromatic rings. The van der Waals surface area contributed by atoms with Crippen molar-refractivity contribution >= 4 is 11.6 Å². The molecule has 2 unspecified atom stereocenters. The Morgan fingerprint density at radius 1 is 1.32 bits per heavy atom. The fourth-order valence-corrected chi connectivity index (χ4v) is 2.77. The zero-order valence-electron chi connectivity index (χ0n) is 12.3. The lowest BCUT2D eigenvalue weighted by Gasteiger charge is -2.29. The van der Waals surface area contributed by atoms with Gasteiger partial charge in [0.15, 0.2) is 0 Å². The second-order valence-corrected chi connectivity index (χ2v) is 6.09. The number of nitrogens with one attached hydrogen (secondary N) is 1. The predicted octanol–water partition coefficient (Wildman–Crippen LogP) is 3.42. The molecule has 1 saturated carbocycles. The van der Waals surface area contributed by atoms with E-state index in [1.165, 1.54) is 25.7 Å². The largest absolute Gasteiger partial charge is 0.384 e. The summed E-state index contributed by atoms with van der Waals surface area (Å²) >= 11 is 0. The molecule has 1 aliphatic rings. The number of hydrogen-bond donors (Lipinski definition) is 2. The standard InChI is InChI=1S/C15H26N4/c1-10(2)15-18-13(16)8-14(19-15)17-9-12-7-5-4-6-11(12)3/h8,10-12H,4-7,9H2,1-3H3,(H3,16,17,18,19). The van der Waals surface area contributed by atoms with Gasteiger partial charge < -0.3 is 11.1 Å². The Bertz CT molecular complexity index is 417. The minimum absolute atomic E-state index is 0.303. The second-order valence-electron chi connectivity index (χ2n) is 6.09. The Labute approximate surface area is 116 Å². The van der Waals surface area contributed by atoms with Crippen LogP contribution in [0.1, 0.15) is 58.2 Å². The quantitative estimate of drug-likeness (QED) is 0.872. The van der Waals surface area contributed by atoms with E-state index in [0.29, 0.717) is 11.7 Å². The third kappa shape index (κ3) is 3.82. The highest BCUT2D eigenvalue weighted by molar-refractivity contribution is 5.44. The first-order valence-electron chi connectivity index (χ1n) is 7.44. The minimum atomic E-state index is 0.303. The van der Waals surface area contributed by atoms with E-state index >= 15 is 0 Å². The summed E-state index contributed by atoms with van der Waals surface area (Å²) < 4.78 is 0. The molecule has 106 valence electrons. The first kappa shape index (κ1) is 14.1. The lowest BCUT2D eigenvalue weighted by Crippen LogP contribution is -2.24. The molecular formula is C15H26N4. The maximum absolute atomic E-state index is 5.84. The Morgan fingerprint density at radius 2 is 2.05 bits per heavy atom. The van der Waals surface area contributed by atoms with Crippen molar-refractivity contribution in [3.8, 4) is 0 Å². The number of anilines is 2. The Kier molecular flexibility index (Phi) is 4.61. The molecular weight excluding hydrogens is 236 g/mol. The average molecular weight is 262 g/mol. The van der Waals surface area contributed by atoms with Crippen molar-refractivity contribution in [3.63, 3.8) is 0 Å². The van der Waals surface area contributed by atoms with E-state index in [0.717, 1.165) is 30.0 Å². The van der Waals surface area contributed by atoms with Gasteiger partial charge in [-0.05, 0) is 18.3 Å². The zero-order chi connectivity index (χ0) is 13.8. The van der Waals surface area contributed by atoms with Gasteiger partial charge in [0.25, 0.3) is 0 Å². The van der Waals surface area contributed by atoms with Crippen LogP contribution in [0.4, 0.5) is 11.6 Å². The van der Waals surface area contributed by atoms with Gasteiger partial charge in [-0.2, -0.15) is 0 Å². The number of nitrogen functional groups attached to an aromatic ring is 1. The topological polar surface area (TPSA) is 63.8 Å². The zero-order valence-corrected chi connectivity index (χ0v) is 12.3. The maximum Gasteiger partial charge on any atom is 0.135 e. The third-order valence-electron chi connectivity index (χ3n) is 4.11. The van der Waals surface area contributed by atoms with Crippen molar-refractivity contribution < 1.29 is 0 Å². The van der Waals surface area contributed by atoms with Crippen LogP contribution >= 0.6 is 0 Å². The number of rotatable bonds is 4. The summed E-state index contributed by atoms with van der Waals surface area (Å²) in [4.78, 5) is 8.81. The van der Waals surface area contributed by atoms with Gasteiger partial charge in [0.2, 0.25) is 0 Å². The molecule has 0 saturated heterocycles. The van der Waals surface area contributed by atoms with Crippen molar-refractivity contribution in [3.05, 3.63) is 11.9 Å². The Balaban J connectivity index is 1.98. The van der Waals surface area contributed by atoms with Gasteiger partial charge >= 0.3 is 0 Å². The summed E-state index contributed by atoms with van der Waals surface area (Å²) in [5, 5.41) is 3.45. The van der Waals surface area contributed by atoms with Crippen molar-refractivity contribution in [1.82, 2.24) is 9.97 Å². The van der Waals surface area contributed by atoms with Gasteiger partial charge in [0, 0.05) is 18.5 Å². The van der Waals surface area contributed by atoms with Crippen LogP contribution < -0.4 is 11.1 Å². The molecule has 0 amide bonds. The summed E-state index contributed by atoms with van der Waals surface area (Å²) in [6, 6.07) is 1.83. The molecule has 2 atom stereocenters. The normalized spacial score (nSPS) is 23.6. The first-order chi connectivity index (χ1) is 9.06. The molecule has 3 N–H and O–H groups in total. The van der Waals surface area contributed by atoms with Crippen LogP contribution in [-0.2, 0) is 0 Å². The van der Waals surface area contributed by atoms with Crippen LogP contribution in [0.2, 0.25) is 0 Å². The molecule has 1 fully saturated rings. The van der Waals surface area contributed by atoms with E-state index in [1.807, 2.05) is 6.07 Å². The van der Waals surface area contributed by atoms with Gasteiger partial charge in [0.1, 0.15) is 17.5 Å². The molecule has 4 nitrogen and oxygen atoms in total. The third-order valence-corrected chi connectivity index (χ3v) is 4.11. The number of hydrogen-bond acceptors (Lipinski definition) is 4. The van der Waals surface area contributed by atoms with Gasteiger partial charge in [-0.3, -0.25) is 0 Å². The van der Waals surface area contributed by atoms with Crippen LogP contribution in [-0.4, -0.2) is 16.5 Å². The van der Waals surface area contributed by atoms with E-state index in [9.17, 15) is 0 Å². The average Bonchev–Trinajstić information content (AvgIpc) is 2.37. The molecule has 19 heavy (non-hydrogen) atoms. The number of nitrogens with two attached hydrogens (primary N) is 1. The molecule has 0 bridgehead atoms. The van der Waals surface area contributed by atoms with Gasteiger partial charge in [-0.15, -0.1) is 0 Å². The molecule has 0 spiro atoms. The van der Waals surface area contributed by atoms with Crippen LogP contribution in [0.5, 0.6) is 0 Å². The first-order valence-corrected chi connectivity index (χ1v) is 7.44. The Morgan fingerprint density at radius 3 is 2.74 bits per heavy atom. The molecule has 4 heteroatoms. The van der Waals surface area contributed by atoms with Crippen molar-refractivity contribution in [1.29, 1.82) is 0 Å². The van der Waals surface area contributed by atoms with Crippen molar-refractivity contribution in [2.24, 2.45) is 11.8 Å². The van der Waals surface area contributed by atoms with E-state index in [-0.39, 0.29) is 0 Å². The molecule has 0 aromatic carbocycles. The highest BCUT2D eigenvalue weighted by Crippen LogP contribution is 2.29. The monoisotopic (exact) mass is 262 g/mol. The molecule has 2 rings (SSSR count). The predicted molar refractivity (Wildman–Crippen MR) is 80.1 cm³/mol. The SMILES string of the molecule is CC(C)c1nc(N)cc(NCC2CCCCC2C)n1. The fraction of sp³-hybridized carbons (Fsp3) is 0.733. The summed E-state index contributed by atoms with van der Waals surface area (Å²) in [7, 11) is 0. The van der Waals surface area contributed by atoms with Crippen LogP contribution in [0.15, 0.2) is 6.07 Å². The summed E-state index contributed by atoms with van der Waals surface area (Å²) in [6.45, 7) is 7.53. The fourth-order valence-electron chi connectivity index (χ4n) is 2.77. The van der Waals surface area contributed by atoms with Gasteiger partial charge in [0.05, 0.1) is 0 Å². The maximum atomic E-state index is 5.84. The van der Waals surface area contributed by atoms with Gasteiger partial charge in [-0.1, -0.05) is 40.0 Å². The van der Waals surface area contributed by atoms with E-state index < -0.39 is 0 Å². The highest BCUT2D eigenvalue weighted by Gasteiger charge is 2.21. The van der Waals surface area contributed by atoms with Gasteiger partial charge in [-0.25, -0.2) is 9.97 Å². The van der Waals surface area contributed by atoms with E-state index in [1.54, 1.807) is 0 Å². The number of nitrogens with zero attached hydrogens (tertiary/aromatic N) is 2. The lowest BCUT2D eigenvalue weighted by atomic mass is 9.80. The van der Waals surface area contributed by atoms with Crippen molar-refractivity contribution in [2.45, 2.75) is 52.4 Å². The van der Waals surface area contributed by atoms with Crippen LogP contribution in [0.3, 0.4) is 0 Å². The molecule has 0 radical (unpaired) electrons. The van der Waals surface area contributed by atoms with E-state index in [4.69, 9.17) is 5.73 Å². The van der Waals surface area contributed by atoms with Crippen LogP contribution in [0, 0.1) is 11.8 Å². The number of aromatic nitrogens is 2. The molecule has 1 heterocycles. The smallest absolute Gasteiger partial charge is 0.135 e. The highest BCUT2D eigenvalue weighted by atomic mass is 15.1. The lowest BCUT2D eigenvalue weighted by molar-refractivity contribution is 0.268. The minimum Gasteiger partial charge on any atom is -0.384 e. The molecule has 1 aromatic heterocycles. The summed E-state index contributed by atoms with van der Waals surface area (Å²) in [5.41, 5.74) is 5.84. The Hall–Kier alpha value is -1.32. The second kappa shape index (κ2) is 6.22. The molecule has 1 aliphatic carbocycles. The summed E-state index contributed by atoms with van der Waals surface area (Å²) in [5.74, 6) is 4.11. The summed E-state index contributed by atoms with van der Waals surface area (Å²) in [6.07, 6.45) is 5.43. The van der Waals surface area contributed by atoms with Crippen molar-refractivity contribution in [2.75, 3.05) is 17.6 Å². The van der Waals surface area contributed by atoms with Crippen LogP contribution in [0.25, 0.3) is 0 Å².